The predicted molar refractivity (Wildman–Crippen MR) is 124 cm³/mol. The number of nitrogens with zero attached hydrogens (tertiary/aromatic N) is 3. The van der Waals surface area contributed by atoms with Gasteiger partial charge in [-0.05, 0) is 49.2 Å². The Hall–Kier alpha value is -2.46. The molecule has 11 heteroatoms. The van der Waals surface area contributed by atoms with Gasteiger partial charge in [0.2, 0.25) is 15.9 Å². The quantitative estimate of drug-likeness (QED) is 0.584. The summed E-state index contributed by atoms with van der Waals surface area (Å²) >= 11 is 12.0. The van der Waals surface area contributed by atoms with Crippen LogP contribution in [-0.2, 0) is 21.4 Å². The Kier molecular flexibility index (Phi) is 6.52. The summed E-state index contributed by atoms with van der Waals surface area (Å²) in [5.41, 5.74) is 0.279. The third-order valence-corrected chi connectivity index (χ3v) is 7.67. The smallest absolute Gasteiger partial charge is 0.261 e. The number of amides is 1. The monoisotopic (exact) mass is 494 g/mol. The Morgan fingerprint density at radius 1 is 1.06 bits per heavy atom. The minimum Gasteiger partial charge on any atom is -0.325 e. The fraction of sp³-hybridized carbons (Fsp3) is 0.286. The molecule has 1 aliphatic rings. The zero-order valence-corrected chi connectivity index (χ0v) is 19.3. The highest BCUT2D eigenvalue weighted by Gasteiger charge is 2.25. The van der Waals surface area contributed by atoms with Gasteiger partial charge in [-0.25, -0.2) is 13.4 Å². The second kappa shape index (κ2) is 9.19. The summed E-state index contributed by atoms with van der Waals surface area (Å²) in [7, 11) is -3.54. The van der Waals surface area contributed by atoms with Gasteiger partial charge in [-0.15, -0.1) is 0 Å². The number of benzene rings is 2. The molecular weight excluding hydrogens is 475 g/mol. The number of piperidine rings is 1. The zero-order chi connectivity index (χ0) is 22.9. The van der Waals surface area contributed by atoms with E-state index in [4.69, 9.17) is 23.2 Å². The summed E-state index contributed by atoms with van der Waals surface area (Å²) < 4.78 is 28.1. The summed E-state index contributed by atoms with van der Waals surface area (Å²) in [6, 6.07) is 8.92. The number of aromatic nitrogens is 2. The van der Waals surface area contributed by atoms with Crippen LogP contribution in [0.4, 0.5) is 5.69 Å². The molecule has 2 heterocycles. The topological polar surface area (TPSA) is 101 Å². The molecule has 1 fully saturated rings. The van der Waals surface area contributed by atoms with Crippen LogP contribution in [0.3, 0.4) is 0 Å². The van der Waals surface area contributed by atoms with E-state index in [0.717, 1.165) is 23.8 Å². The molecule has 1 aliphatic heterocycles. The first-order valence-electron chi connectivity index (χ1n) is 10.00. The number of fused-ring (bicyclic) bond motifs is 1. The molecule has 1 saturated heterocycles. The fourth-order valence-electron chi connectivity index (χ4n) is 3.63. The molecule has 0 aliphatic carbocycles. The molecule has 0 saturated carbocycles. The van der Waals surface area contributed by atoms with Crippen molar-refractivity contribution in [1.29, 1.82) is 0 Å². The van der Waals surface area contributed by atoms with E-state index in [0.29, 0.717) is 29.3 Å². The second-order valence-corrected chi connectivity index (χ2v) is 10.3. The van der Waals surface area contributed by atoms with Gasteiger partial charge in [-0.1, -0.05) is 29.6 Å². The average molecular weight is 495 g/mol. The lowest BCUT2D eigenvalue weighted by molar-refractivity contribution is -0.116. The van der Waals surface area contributed by atoms with E-state index < -0.39 is 21.5 Å². The van der Waals surface area contributed by atoms with Crippen LogP contribution in [0.15, 0.2) is 52.4 Å². The number of carbonyl (C=O) groups is 1. The van der Waals surface area contributed by atoms with Crippen molar-refractivity contribution >= 4 is 55.7 Å². The molecular formula is C21H20Cl2N4O4S. The van der Waals surface area contributed by atoms with Crippen LogP contribution in [-0.4, -0.2) is 41.3 Å². The van der Waals surface area contributed by atoms with Gasteiger partial charge < -0.3 is 5.32 Å². The van der Waals surface area contributed by atoms with Crippen molar-refractivity contribution < 1.29 is 13.2 Å². The molecule has 4 rings (SSSR count). The van der Waals surface area contributed by atoms with Crippen LogP contribution in [0, 0.1) is 0 Å². The van der Waals surface area contributed by atoms with Gasteiger partial charge in [0.1, 0.15) is 6.54 Å². The number of hydrogen-bond donors (Lipinski definition) is 1. The van der Waals surface area contributed by atoms with E-state index in [-0.39, 0.29) is 21.8 Å². The molecule has 1 amide bonds. The van der Waals surface area contributed by atoms with E-state index in [1.807, 2.05) is 0 Å². The van der Waals surface area contributed by atoms with Crippen molar-refractivity contribution in [2.75, 3.05) is 18.4 Å². The van der Waals surface area contributed by atoms with Crippen molar-refractivity contribution in [2.24, 2.45) is 0 Å². The van der Waals surface area contributed by atoms with Crippen molar-refractivity contribution in [1.82, 2.24) is 13.9 Å². The summed E-state index contributed by atoms with van der Waals surface area (Å²) in [4.78, 5) is 29.5. The van der Waals surface area contributed by atoms with Gasteiger partial charge in [-0.3, -0.25) is 14.2 Å². The van der Waals surface area contributed by atoms with Gasteiger partial charge in [0.15, 0.2) is 0 Å². The highest BCUT2D eigenvalue weighted by atomic mass is 35.5. The summed E-state index contributed by atoms with van der Waals surface area (Å²) in [5, 5.41) is 3.42. The van der Waals surface area contributed by atoms with Crippen molar-refractivity contribution in [3.63, 3.8) is 0 Å². The van der Waals surface area contributed by atoms with Gasteiger partial charge in [0, 0.05) is 23.8 Å². The van der Waals surface area contributed by atoms with Gasteiger partial charge in [-0.2, -0.15) is 4.31 Å². The lowest BCUT2D eigenvalue weighted by Crippen LogP contribution is -2.35. The maximum Gasteiger partial charge on any atom is 0.261 e. The number of carbonyl (C=O) groups excluding carboxylic acids is 1. The molecule has 8 nitrogen and oxygen atoms in total. The van der Waals surface area contributed by atoms with Crippen LogP contribution >= 0.6 is 23.2 Å². The Morgan fingerprint density at radius 2 is 1.75 bits per heavy atom. The third-order valence-electron chi connectivity index (χ3n) is 5.25. The Bertz CT molecular complexity index is 1330. The van der Waals surface area contributed by atoms with Crippen LogP contribution in [0.5, 0.6) is 0 Å². The van der Waals surface area contributed by atoms with Crippen LogP contribution < -0.4 is 10.9 Å². The third kappa shape index (κ3) is 4.66. The van der Waals surface area contributed by atoms with Crippen LogP contribution in [0.25, 0.3) is 10.9 Å². The van der Waals surface area contributed by atoms with Gasteiger partial charge in [0.25, 0.3) is 5.56 Å². The van der Waals surface area contributed by atoms with Crippen molar-refractivity contribution in [3.8, 4) is 0 Å². The lowest BCUT2D eigenvalue weighted by Gasteiger charge is -2.25. The maximum atomic E-state index is 12.7. The van der Waals surface area contributed by atoms with Crippen molar-refractivity contribution in [3.05, 3.63) is 63.1 Å². The van der Waals surface area contributed by atoms with E-state index in [1.165, 1.54) is 47.0 Å². The van der Waals surface area contributed by atoms with Gasteiger partial charge >= 0.3 is 0 Å². The summed E-state index contributed by atoms with van der Waals surface area (Å²) in [6.07, 6.45) is 3.99. The SMILES string of the molecule is O=C(Cn1cnc2c(Cl)cc(Cl)cc2c1=O)Nc1ccc(S(=O)(=O)N2CCCCC2)cc1. The van der Waals surface area contributed by atoms with Crippen molar-refractivity contribution in [2.45, 2.75) is 30.7 Å². The lowest BCUT2D eigenvalue weighted by atomic mass is 10.2. The number of sulfonamides is 1. The molecule has 1 N–H and O–H groups in total. The minimum atomic E-state index is -3.54. The molecule has 0 spiro atoms. The molecule has 1 aromatic heterocycles. The normalized spacial score (nSPS) is 15.1. The van der Waals surface area contributed by atoms with Gasteiger partial charge in [0.05, 0.1) is 27.1 Å². The largest absolute Gasteiger partial charge is 0.325 e. The molecule has 2 aromatic carbocycles. The predicted octanol–water partition coefficient (Wildman–Crippen LogP) is 3.52. The Morgan fingerprint density at radius 3 is 2.44 bits per heavy atom. The number of hydrogen-bond acceptors (Lipinski definition) is 5. The van der Waals surface area contributed by atoms with Crippen LogP contribution in [0.2, 0.25) is 10.0 Å². The van der Waals surface area contributed by atoms with E-state index in [2.05, 4.69) is 10.3 Å². The number of halogens is 2. The average Bonchev–Trinajstić information content (AvgIpc) is 2.77. The fourth-order valence-corrected chi connectivity index (χ4v) is 5.69. The first-order valence-corrected chi connectivity index (χ1v) is 12.2. The van der Waals surface area contributed by atoms with E-state index in [9.17, 15) is 18.0 Å². The molecule has 0 bridgehead atoms. The highest BCUT2D eigenvalue weighted by Crippen LogP contribution is 2.24. The van der Waals surface area contributed by atoms with E-state index >= 15 is 0 Å². The maximum absolute atomic E-state index is 12.7. The van der Waals surface area contributed by atoms with Crippen LogP contribution in [0.1, 0.15) is 19.3 Å². The molecule has 32 heavy (non-hydrogen) atoms. The molecule has 0 radical (unpaired) electrons. The minimum absolute atomic E-state index is 0.182. The van der Waals surface area contributed by atoms with E-state index in [1.54, 1.807) is 0 Å². The zero-order valence-electron chi connectivity index (χ0n) is 16.9. The Balaban J connectivity index is 1.48. The first-order chi connectivity index (χ1) is 15.3. The summed E-state index contributed by atoms with van der Waals surface area (Å²) in [5.74, 6) is -0.465. The summed E-state index contributed by atoms with van der Waals surface area (Å²) in [6.45, 7) is 0.761. The number of anilines is 1. The number of rotatable bonds is 5. The molecule has 0 unspecified atom stereocenters. The molecule has 168 valence electrons. The highest BCUT2D eigenvalue weighted by molar-refractivity contribution is 7.89. The standard InChI is InChI=1S/C21H20Cl2N4O4S/c22-14-10-17-20(18(23)11-14)24-13-26(21(17)29)12-19(28)25-15-4-6-16(7-5-15)32(30,31)27-8-2-1-3-9-27/h4-7,10-11,13H,1-3,8-9,12H2,(H,25,28). The first kappa shape index (κ1) is 22.7. The Labute approximate surface area is 194 Å². The molecule has 0 atom stereocenters. The second-order valence-electron chi connectivity index (χ2n) is 7.50. The number of nitrogens with one attached hydrogen (secondary N) is 1. The molecule has 3 aromatic rings.